The molecule has 1 N–H and O–H groups in total. The molecule has 0 unspecified atom stereocenters. The van der Waals surface area contributed by atoms with E-state index in [0.29, 0.717) is 11.4 Å². The largest absolute Gasteiger partial charge is 0.357 e. The lowest BCUT2D eigenvalue weighted by Gasteiger charge is -2.01. The van der Waals surface area contributed by atoms with Crippen LogP contribution in [0.25, 0.3) is 10.2 Å². The Morgan fingerprint density at radius 3 is 2.64 bits per heavy atom. The fourth-order valence-electron chi connectivity index (χ4n) is 2.11. The number of fused-ring (bicyclic) bond motifs is 1. The van der Waals surface area contributed by atoms with E-state index >= 15 is 0 Å². The standard InChI is InChI=1S/C16H16N2O2S2/c1-2-22(19,20)13-8-9-14-15(10-13)21-16(18-14)17-11-12-6-4-3-5-7-12/h3-10H,2,11H2,1H3,(H,17,18). The summed E-state index contributed by atoms with van der Waals surface area (Å²) in [6.45, 7) is 2.35. The average molecular weight is 332 g/mol. The van der Waals surface area contributed by atoms with Gasteiger partial charge in [0.2, 0.25) is 0 Å². The SMILES string of the molecule is CCS(=O)(=O)c1ccc2nc(NCc3ccccc3)sc2c1. The van der Waals surface area contributed by atoms with Crippen molar-refractivity contribution in [2.45, 2.75) is 18.4 Å². The van der Waals surface area contributed by atoms with Gasteiger partial charge in [0.1, 0.15) is 0 Å². The summed E-state index contributed by atoms with van der Waals surface area (Å²) in [6, 6.07) is 15.2. The van der Waals surface area contributed by atoms with Gasteiger partial charge in [0.15, 0.2) is 15.0 Å². The van der Waals surface area contributed by atoms with Crippen molar-refractivity contribution >= 4 is 36.5 Å². The van der Waals surface area contributed by atoms with Crippen LogP contribution in [-0.4, -0.2) is 19.2 Å². The Balaban J connectivity index is 1.84. The van der Waals surface area contributed by atoms with Crippen molar-refractivity contribution in [2.75, 3.05) is 11.1 Å². The van der Waals surface area contributed by atoms with Crippen LogP contribution in [0.3, 0.4) is 0 Å². The summed E-state index contributed by atoms with van der Waals surface area (Å²) in [7, 11) is -3.18. The molecule has 6 heteroatoms. The first-order chi connectivity index (χ1) is 10.6. The van der Waals surface area contributed by atoms with Crippen molar-refractivity contribution in [3.05, 3.63) is 54.1 Å². The summed E-state index contributed by atoms with van der Waals surface area (Å²) < 4.78 is 24.7. The number of benzene rings is 2. The van der Waals surface area contributed by atoms with Crippen LogP contribution >= 0.6 is 11.3 Å². The minimum atomic E-state index is -3.18. The molecule has 2 aromatic carbocycles. The van der Waals surface area contributed by atoms with Gasteiger partial charge in [-0.15, -0.1) is 0 Å². The maximum Gasteiger partial charge on any atom is 0.184 e. The summed E-state index contributed by atoms with van der Waals surface area (Å²) in [5.74, 6) is 0.108. The summed E-state index contributed by atoms with van der Waals surface area (Å²) >= 11 is 1.47. The van der Waals surface area contributed by atoms with Gasteiger partial charge in [-0.3, -0.25) is 0 Å². The van der Waals surface area contributed by atoms with E-state index in [1.807, 2.05) is 30.3 Å². The molecule has 3 aromatic rings. The van der Waals surface area contributed by atoms with E-state index in [9.17, 15) is 8.42 Å². The summed E-state index contributed by atoms with van der Waals surface area (Å²) in [4.78, 5) is 4.85. The van der Waals surface area contributed by atoms with E-state index in [2.05, 4.69) is 10.3 Å². The van der Waals surface area contributed by atoms with Crippen LogP contribution in [0.2, 0.25) is 0 Å². The van der Waals surface area contributed by atoms with E-state index < -0.39 is 9.84 Å². The fourth-order valence-corrected chi connectivity index (χ4v) is 4.00. The van der Waals surface area contributed by atoms with Crippen LogP contribution in [0.15, 0.2) is 53.4 Å². The number of rotatable bonds is 5. The van der Waals surface area contributed by atoms with Gasteiger partial charge >= 0.3 is 0 Å². The lowest BCUT2D eigenvalue weighted by atomic mass is 10.2. The minimum absolute atomic E-state index is 0.108. The van der Waals surface area contributed by atoms with E-state index in [1.54, 1.807) is 25.1 Å². The molecule has 3 rings (SSSR count). The number of thiazole rings is 1. The number of sulfone groups is 1. The minimum Gasteiger partial charge on any atom is -0.357 e. The lowest BCUT2D eigenvalue weighted by molar-refractivity contribution is 0.597. The second kappa shape index (κ2) is 6.06. The smallest absolute Gasteiger partial charge is 0.184 e. The van der Waals surface area contributed by atoms with Gasteiger partial charge in [-0.25, -0.2) is 13.4 Å². The highest BCUT2D eigenvalue weighted by atomic mass is 32.2. The molecule has 0 atom stereocenters. The van der Waals surface area contributed by atoms with Gasteiger partial charge in [-0.2, -0.15) is 0 Å². The van der Waals surface area contributed by atoms with Gasteiger partial charge in [-0.05, 0) is 23.8 Å². The highest BCUT2D eigenvalue weighted by Gasteiger charge is 2.13. The molecular formula is C16H16N2O2S2. The summed E-state index contributed by atoms with van der Waals surface area (Å²) in [5.41, 5.74) is 1.99. The first-order valence-electron chi connectivity index (χ1n) is 6.99. The average Bonchev–Trinajstić information content (AvgIpc) is 2.96. The van der Waals surface area contributed by atoms with Gasteiger partial charge < -0.3 is 5.32 Å². The zero-order valence-electron chi connectivity index (χ0n) is 12.1. The third kappa shape index (κ3) is 3.13. The Kier molecular flexibility index (Phi) is 4.13. The quantitative estimate of drug-likeness (QED) is 0.774. The molecule has 0 amide bonds. The molecule has 1 heterocycles. The van der Waals surface area contributed by atoms with Crippen molar-refractivity contribution in [2.24, 2.45) is 0 Å². The Bertz CT molecular complexity index is 887. The summed E-state index contributed by atoms with van der Waals surface area (Å²) in [5, 5.41) is 4.08. The molecule has 4 nitrogen and oxygen atoms in total. The topological polar surface area (TPSA) is 59.1 Å². The van der Waals surface area contributed by atoms with Crippen LogP contribution in [0.1, 0.15) is 12.5 Å². The molecule has 0 bridgehead atoms. The van der Waals surface area contributed by atoms with Crippen molar-refractivity contribution in [1.82, 2.24) is 4.98 Å². The molecule has 22 heavy (non-hydrogen) atoms. The second-order valence-corrected chi connectivity index (χ2v) is 8.20. The number of nitrogens with one attached hydrogen (secondary N) is 1. The highest BCUT2D eigenvalue weighted by Crippen LogP contribution is 2.28. The van der Waals surface area contributed by atoms with Crippen molar-refractivity contribution in [3.63, 3.8) is 0 Å². The Morgan fingerprint density at radius 2 is 1.91 bits per heavy atom. The molecule has 0 spiro atoms. The van der Waals surface area contributed by atoms with Gasteiger partial charge in [-0.1, -0.05) is 48.6 Å². The van der Waals surface area contributed by atoms with Crippen LogP contribution in [0.4, 0.5) is 5.13 Å². The Hall–Kier alpha value is -1.92. The van der Waals surface area contributed by atoms with Crippen LogP contribution in [0.5, 0.6) is 0 Å². The van der Waals surface area contributed by atoms with E-state index in [4.69, 9.17) is 0 Å². The zero-order valence-corrected chi connectivity index (χ0v) is 13.7. The highest BCUT2D eigenvalue weighted by molar-refractivity contribution is 7.91. The number of anilines is 1. The molecule has 0 radical (unpaired) electrons. The first-order valence-corrected chi connectivity index (χ1v) is 9.46. The predicted molar refractivity (Wildman–Crippen MR) is 91.1 cm³/mol. The fraction of sp³-hybridized carbons (Fsp3) is 0.188. The predicted octanol–water partition coefficient (Wildman–Crippen LogP) is 3.70. The molecule has 0 aliphatic rings. The molecule has 0 saturated heterocycles. The van der Waals surface area contributed by atoms with Gasteiger partial charge in [0.05, 0.1) is 20.9 Å². The maximum absolute atomic E-state index is 11.9. The maximum atomic E-state index is 11.9. The number of aromatic nitrogens is 1. The molecule has 0 aliphatic heterocycles. The third-order valence-corrected chi connectivity index (χ3v) is 6.09. The monoisotopic (exact) mass is 332 g/mol. The molecule has 0 aliphatic carbocycles. The molecule has 0 fully saturated rings. The van der Waals surface area contributed by atoms with Crippen LogP contribution in [-0.2, 0) is 16.4 Å². The third-order valence-electron chi connectivity index (χ3n) is 3.39. The van der Waals surface area contributed by atoms with E-state index in [-0.39, 0.29) is 5.75 Å². The summed E-state index contributed by atoms with van der Waals surface area (Å²) in [6.07, 6.45) is 0. The van der Waals surface area contributed by atoms with Crippen molar-refractivity contribution < 1.29 is 8.42 Å². The molecular weight excluding hydrogens is 316 g/mol. The second-order valence-electron chi connectivity index (χ2n) is 4.89. The van der Waals surface area contributed by atoms with Crippen molar-refractivity contribution in [1.29, 1.82) is 0 Å². The zero-order chi connectivity index (χ0) is 15.6. The van der Waals surface area contributed by atoms with Gasteiger partial charge in [0.25, 0.3) is 0 Å². The molecule has 114 valence electrons. The number of hydrogen-bond acceptors (Lipinski definition) is 5. The normalized spacial score (nSPS) is 11.7. The number of hydrogen-bond donors (Lipinski definition) is 1. The number of nitrogens with zero attached hydrogens (tertiary/aromatic N) is 1. The van der Waals surface area contributed by atoms with Crippen molar-refractivity contribution in [3.8, 4) is 0 Å². The van der Waals surface area contributed by atoms with Crippen LogP contribution < -0.4 is 5.32 Å². The Morgan fingerprint density at radius 1 is 1.14 bits per heavy atom. The van der Waals surface area contributed by atoms with Gasteiger partial charge in [0, 0.05) is 6.54 Å². The van der Waals surface area contributed by atoms with E-state index in [1.165, 1.54) is 16.9 Å². The Labute approximate surface area is 133 Å². The molecule has 1 aromatic heterocycles. The van der Waals surface area contributed by atoms with E-state index in [0.717, 1.165) is 15.3 Å². The molecule has 0 saturated carbocycles. The first kappa shape index (κ1) is 15.0. The lowest BCUT2D eigenvalue weighted by Crippen LogP contribution is -2.02. The van der Waals surface area contributed by atoms with Crippen LogP contribution in [0, 0.1) is 0 Å².